The summed E-state index contributed by atoms with van der Waals surface area (Å²) in [7, 11) is 0. The molecule has 0 atom stereocenters. The van der Waals surface area contributed by atoms with Crippen molar-refractivity contribution in [2.24, 2.45) is 0 Å². The molecule has 0 saturated carbocycles. The van der Waals surface area contributed by atoms with E-state index in [1.165, 1.54) is 34.7 Å². The van der Waals surface area contributed by atoms with Crippen LogP contribution in [-0.2, 0) is 15.0 Å². The van der Waals surface area contributed by atoms with Crippen LogP contribution in [0.5, 0.6) is 11.5 Å². The maximum Gasteiger partial charge on any atom is 0.214 e. The van der Waals surface area contributed by atoms with E-state index in [0.717, 1.165) is 11.5 Å². The van der Waals surface area contributed by atoms with Crippen molar-refractivity contribution in [2.75, 3.05) is 24.7 Å². The minimum absolute atomic E-state index is 0.00360. The smallest absolute Gasteiger partial charge is 0.214 e. The Balaban J connectivity index is 1.88. The minimum atomic E-state index is -0.190. The number of carbonyl (C=O) groups excluding carboxylic acids is 2. The van der Waals surface area contributed by atoms with E-state index in [4.69, 9.17) is 9.47 Å². The van der Waals surface area contributed by atoms with Gasteiger partial charge in [0.1, 0.15) is 11.5 Å². The molecule has 0 radical (unpaired) electrons. The molecule has 0 aliphatic heterocycles. The molecule has 2 rings (SSSR count). The number of benzene rings is 2. The highest BCUT2D eigenvalue weighted by Gasteiger charge is 2.23. The lowest BCUT2D eigenvalue weighted by atomic mass is 9.78. The lowest BCUT2D eigenvalue weighted by Crippen LogP contribution is -2.18. The first-order valence-corrected chi connectivity index (χ1v) is 12.7. The standard InChI is InChI=1S/C27H32O4S2/c1-19(2)25(28)32-17-15-30-23-11-7-21(8-12-23)27(5,6)22-9-13-24(14-10-22)31-16-18-33-26(29)20(3)4/h7-14H,1,3,15-18H2,2,4-6H3. The van der Waals surface area contributed by atoms with Gasteiger partial charge in [0.2, 0.25) is 10.2 Å². The van der Waals surface area contributed by atoms with Gasteiger partial charge in [-0.3, -0.25) is 9.59 Å². The Bertz CT molecular complexity index is 897. The number of hydrogen-bond donors (Lipinski definition) is 0. The molecule has 6 heteroatoms. The van der Waals surface area contributed by atoms with Crippen molar-refractivity contribution >= 4 is 33.8 Å². The van der Waals surface area contributed by atoms with E-state index in [1.807, 2.05) is 24.3 Å². The lowest BCUT2D eigenvalue weighted by molar-refractivity contribution is -0.108. The minimum Gasteiger partial charge on any atom is -0.493 e. The van der Waals surface area contributed by atoms with Gasteiger partial charge in [-0.2, -0.15) is 0 Å². The largest absolute Gasteiger partial charge is 0.493 e. The average molecular weight is 485 g/mol. The summed E-state index contributed by atoms with van der Waals surface area (Å²) in [6.45, 7) is 16.0. The van der Waals surface area contributed by atoms with E-state index < -0.39 is 0 Å². The van der Waals surface area contributed by atoms with Gasteiger partial charge in [-0.15, -0.1) is 0 Å². The van der Waals surface area contributed by atoms with Gasteiger partial charge >= 0.3 is 0 Å². The summed E-state index contributed by atoms with van der Waals surface area (Å²) < 4.78 is 11.5. The van der Waals surface area contributed by atoms with Crippen LogP contribution in [-0.4, -0.2) is 35.0 Å². The van der Waals surface area contributed by atoms with Gasteiger partial charge < -0.3 is 9.47 Å². The third kappa shape index (κ3) is 8.45. The molecule has 0 unspecified atom stereocenters. The van der Waals surface area contributed by atoms with Crippen LogP contribution < -0.4 is 9.47 Å². The SMILES string of the molecule is C=C(C)C(=O)SCCOc1ccc(C(C)(C)c2ccc(OCCSC(=O)C(=C)C)cc2)cc1. The fourth-order valence-electron chi connectivity index (χ4n) is 2.94. The molecule has 0 amide bonds. The topological polar surface area (TPSA) is 52.6 Å². The molecule has 176 valence electrons. The first-order valence-electron chi connectivity index (χ1n) is 10.7. The van der Waals surface area contributed by atoms with Crippen molar-refractivity contribution in [3.63, 3.8) is 0 Å². The normalized spacial score (nSPS) is 11.0. The molecule has 0 N–H and O–H groups in total. The van der Waals surface area contributed by atoms with Crippen molar-refractivity contribution in [3.05, 3.63) is 84.0 Å². The van der Waals surface area contributed by atoms with Gasteiger partial charge in [0.25, 0.3) is 0 Å². The maximum absolute atomic E-state index is 11.6. The van der Waals surface area contributed by atoms with Crippen LogP contribution in [0.1, 0.15) is 38.8 Å². The highest BCUT2D eigenvalue weighted by molar-refractivity contribution is 8.14. The maximum atomic E-state index is 11.6. The molecule has 0 bridgehead atoms. The van der Waals surface area contributed by atoms with Gasteiger partial charge in [0, 0.05) is 16.9 Å². The Kier molecular flexibility index (Phi) is 10.3. The molecule has 4 nitrogen and oxygen atoms in total. The van der Waals surface area contributed by atoms with Crippen molar-refractivity contribution < 1.29 is 19.1 Å². The zero-order chi connectivity index (χ0) is 24.4. The molecule has 33 heavy (non-hydrogen) atoms. The van der Waals surface area contributed by atoms with Crippen LogP contribution in [0, 0.1) is 0 Å². The predicted octanol–water partition coefficient (Wildman–Crippen LogP) is 6.44. The second-order valence-corrected chi connectivity index (χ2v) is 10.3. The summed E-state index contributed by atoms with van der Waals surface area (Å²) in [4.78, 5) is 23.1. The van der Waals surface area contributed by atoms with Crippen LogP contribution >= 0.6 is 23.5 Å². The van der Waals surface area contributed by atoms with Crippen LogP contribution in [0.4, 0.5) is 0 Å². The summed E-state index contributed by atoms with van der Waals surface area (Å²) in [5.41, 5.74) is 3.26. The fraction of sp³-hybridized carbons (Fsp3) is 0.333. The second-order valence-electron chi connectivity index (χ2n) is 8.20. The Morgan fingerprint density at radius 2 is 1.06 bits per heavy atom. The molecule has 0 aromatic heterocycles. The molecular weight excluding hydrogens is 452 g/mol. The number of ether oxygens (including phenoxy) is 2. The van der Waals surface area contributed by atoms with Crippen LogP contribution in [0.3, 0.4) is 0 Å². The Morgan fingerprint density at radius 3 is 1.36 bits per heavy atom. The van der Waals surface area contributed by atoms with Crippen molar-refractivity contribution in [2.45, 2.75) is 33.1 Å². The number of thioether (sulfide) groups is 2. The van der Waals surface area contributed by atoms with Crippen molar-refractivity contribution in [1.29, 1.82) is 0 Å². The van der Waals surface area contributed by atoms with E-state index in [1.54, 1.807) is 13.8 Å². The number of hydrogen-bond acceptors (Lipinski definition) is 6. The Labute approximate surface area is 205 Å². The van der Waals surface area contributed by atoms with Crippen LogP contribution in [0.15, 0.2) is 72.8 Å². The van der Waals surface area contributed by atoms with E-state index in [-0.39, 0.29) is 15.6 Å². The van der Waals surface area contributed by atoms with Crippen LogP contribution in [0.2, 0.25) is 0 Å². The fourth-order valence-corrected chi connectivity index (χ4v) is 4.13. The summed E-state index contributed by atoms with van der Waals surface area (Å²) in [5, 5.41) is 0.00719. The molecule has 2 aromatic rings. The molecule has 0 heterocycles. The third-order valence-electron chi connectivity index (χ3n) is 5.02. The summed E-state index contributed by atoms with van der Waals surface area (Å²) in [6, 6.07) is 16.1. The average Bonchev–Trinajstić information content (AvgIpc) is 2.79. The number of carbonyl (C=O) groups is 2. The van der Waals surface area contributed by atoms with Crippen LogP contribution in [0.25, 0.3) is 0 Å². The first kappa shape index (κ1) is 26.8. The third-order valence-corrected chi connectivity index (χ3v) is 6.98. The van der Waals surface area contributed by atoms with Gasteiger partial charge in [0.15, 0.2) is 0 Å². The van der Waals surface area contributed by atoms with Crippen molar-refractivity contribution in [3.8, 4) is 11.5 Å². The molecule has 0 fully saturated rings. The van der Waals surface area contributed by atoms with E-state index in [9.17, 15) is 9.59 Å². The molecule has 0 saturated heterocycles. The van der Waals surface area contributed by atoms with Crippen molar-refractivity contribution in [1.82, 2.24) is 0 Å². The second kappa shape index (κ2) is 12.7. The quantitative estimate of drug-likeness (QED) is 0.255. The molecular formula is C27H32O4S2. The summed E-state index contributed by atoms with van der Waals surface area (Å²) in [5.74, 6) is 2.75. The first-order chi connectivity index (χ1) is 15.6. The highest BCUT2D eigenvalue weighted by atomic mass is 32.2. The zero-order valence-corrected chi connectivity index (χ0v) is 21.4. The summed E-state index contributed by atoms with van der Waals surface area (Å²) >= 11 is 2.45. The van der Waals surface area contributed by atoms with Gasteiger partial charge in [-0.1, -0.05) is 74.8 Å². The highest BCUT2D eigenvalue weighted by Crippen LogP contribution is 2.33. The molecule has 0 aliphatic carbocycles. The number of rotatable bonds is 12. The summed E-state index contributed by atoms with van der Waals surface area (Å²) in [6.07, 6.45) is 0. The molecule has 0 aliphatic rings. The van der Waals surface area contributed by atoms with Gasteiger partial charge in [0.05, 0.1) is 13.2 Å². The molecule has 2 aromatic carbocycles. The van der Waals surface area contributed by atoms with Gasteiger partial charge in [-0.05, 0) is 60.4 Å². The predicted molar refractivity (Wildman–Crippen MR) is 141 cm³/mol. The Morgan fingerprint density at radius 1 is 0.727 bits per heavy atom. The van der Waals surface area contributed by atoms with E-state index >= 15 is 0 Å². The van der Waals surface area contributed by atoms with E-state index in [2.05, 4.69) is 51.3 Å². The zero-order valence-electron chi connectivity index (χ0n) is 19.8. The Hall–Kier alpha value is -2.44. The lowest BCUT2D eigenvalue weighted by Gasteiger charge is -2.26. The van der Waals surface area contributed by atoms with E-state index in [0.29, 0.717) is 35.9 Å². The monoisotopic (exact) mass is 484 g/mol. The molecule has 0 spiro atoms. The van der Waals surface area contributed by atoms with Gasteiger partial charge in [-0.25, -0.2) is 0 Å².